The fourth-order valence-electron chi connectivity index (χ4n) is 1.25. The Kier molecular flexibility index (Phi) is 4.98. The van der Waals surface area contributed by atoms with Crippen LogP contribution in [0.1, 0.15) is 19.8 Å². The third-order valence-corrected chi connectivity index (χ3v) is 2.73. The van der Waals surface area contributed by atoms with Gasteiger partial charge in [-0.1, -0.05) is 19.1 Å². The molecule has 1 aromatic carbocycles. The summed E-state index contributed by atoms with van der Waals surface area (Å²) in [5, 5.41) is 0. The van der Waals surface area contributed by atoms with Crippen molar-refractivity contribution in [3.63, 3.8) is 0 Å². The molecule has 0 fully saturated rings. The average Bonchev–Trinajstić information content (AvgIpc) is 2.20. The van der Waals surface area contributed by atoms with Crippen molar-refractivity contribution in [2.75, 3.05) is 6.54 Å². The summed E-state index contributed by atoms with van der Waals surface area (Å²) in [6.07, 6.45) is 2.11. The van der Waals surface area contributed by atoms with E-state index in [9.17, 15) is 0 Å². The van der Waals surface area contributed by atoms with Crippen molar-refractivity contribution in [3.8, 4) is 5.75 Å². The molecule has 0 aliphatic rings. The van der Waals surface area contributed by atoms with E-state index in [1.54, 1.807) is 0 Å². The lowest BCUT2D eigenvalue weighted by Gasteiger charge is -2.17. The second-order valence-electron chi connectivity index (χ2n) is 3.16. The standard InChI is InChI=1S/C11H16BrNO/c1-2-9(7-8-13)14-11-6-4-3-5-10(11)12/h3-6,9H,2,7-8,13H2,1H3. The SMILES string of the molecule is CCC(CCN)Oc1ccccc1Br. The van der Waals surface area contributed by atoms with E-state index in [2.05, 4.69) is 22.9 Å². The Morgan fingerprint density at radius 3 is 2.71 bits per heavy atom. The molecular formula is C11H16BrNO. The summed E-state index contributed by atoms with van der Waals surface area (Å²) in [6.45, 7) is 2.78. The zero-order valence-electron chi connectivity index (χ0n) is 8.37. The zero-order valence-corrected chi connectivity index (χ0v) is 9.96. The van der Waals surface area contributed by atoms with Gasteiger partial charge in [-0.15, -0.1) is 0 Å². The van der Waals surface area contributed by atoms with E-state index in [1.807, 2.05) is 24.3 Å². The van der Waals surface area contributed by atoms with Gasteiger partial charge in [-0.25, -0.2) is 0 Å². The maximum atomic E-state index is 5.81. The van der Waals surface area contributed by atoms with Gasteiger partial charge in [0.1, 0.15) is 5.75 Å². The lowest BCUT2D eigenvalue weighted by Crippen LogP contribution is -2.19. The average molecular weight is 258 g/mol. The highest BCUT2D eigenvalue weighted by Crippen LogP contribution is 2.25. The number of nitrogens with two attached hydrogens (primary N) is 1. The van der Waals surface area contributed by atoms with Gasteiger partial charge in [-0.3, -0.25) is 0 Å². The molecule has 0 bridgehead atoms. The van der Waals surface area contributed by atoms with Crippen molar-refractivity contribution in [1.29, 1.82) is 0 Å². The third kappa shape index (κ3) is 3.31. The van der Waals surface area contributed by atoms with Crippen LogP contribution >= 0.6 is 15.9 Å². The second-order valence-corrected chi connectivity index (χ2v) is 4.01. The van der Waals surface area contributed by atoms with Crippen molar-refractivity contribution in [3.05, 3.63) is 28.7 Å². The molecule has 2 N–H and O–H groups in total. The van der Waals surface area contributed by atoms with Crippen LogP contribution in [0.4, 0.5) is 0 Å². The quantitative estimate of drug-likeness (QED) is 0.881. The predicted molar refractivity (Wildman–Crippen MR) is 62.5 cm³/mol. The first-order chi connectivity index (χ1) is 6.77. The molecule has 1 rings (SSSR count). The number of para-hydroxylation sites is 1. The van der Waals surface area contributed by atoms with Gasteiger partial charge >= 0.3 is 0 Å². The van der Waals surface area contributed by atoms with Gasteiger partial charge in [0.15, 0.2) is 0 Å². The maximum absolute atomic E-state index is 5.81. The minimum atomic E-state index is 0.221. The van der Waals surface area contributed by atoms with E-state index in [4.69, 9.17) is 10.5 Å². The number of hydrogen-bond donors (Lipinski definition) is 1. The Bertz CT molecular complexity index is 278. The summed E-state index contributed by atoms with van der Waals surface area (Å²) >= 11 is 3.45. The first-order valence-corrected chi connectivity index (χ1v) is 5.68. The largest absolute Gasteiger partial charge is 0.489 e. The zero-order chi connectivity index (χ0) is 10.4. The number of rotatable bonds is 5. The summed E-state index contributed by atoms with van der Waals surface area (Å²) in [4.78, 5) is 0. The van der Waals surface area contributed by atoms with Gasteiger partial charge in [-0.05, 0) is 47.4 Å². The first-order valence-electron chi connectivity index (χ1n) is 4.89. The molecule has 14 heavy (non-hydrogen) atoms. The fraction of sp³-hybridized carbons (Fsp3) is 0.455. The molecule has 0 aliphatic heterocycles. The summed E-state index contributed by atoms with van der Waals surface area (Å²) in [6, 6.07) is 7.88. The van der Waals surface area contributed by atoms with E-state index in [0.717, 1.165) is 23.1 Å². The Hall–Kier alpha value is -0.540. The van der Waals surface area contributed by atoms with Crippen LogP contribution in [0.3, 0.4) is 0 Å². The molecule has 0 spiro atoms. The van der Waals surface area contributed by atoms with Crippen LogP contribution in [-0.4, -0.2) is 12.6 Å². The molecule has 3 heteroatoms. The topological polar surface area (TPSA) is 35.2 Å². The van der Waals surface area contributed by atoms with Crippen LogP contribution in [-0.2, 0) is 0 Å². The Labute approximate surface area is 93.6 Å². The highest BCUT2D eigenvalue weighted by atomic mass is 79.9. The van der Waals surface area contributed by atoms with E-state index in [1.165, 1.54) is 0 Å². The highest BCUT2D eigenvalue weighted by Gasteiger charge is 2.08. The Balaban J connectivity index is 2.62. The van der Waals surface area contributed by atoms with Crippen LogP contribution in [0.5, 0.6) is 5.75 Å². The van der Waals surface area contributed by atoms with Gasteiger partial charge < -0.3 is 10.5 Å². The molecule has 0 heterocycles. The van der Waals surface area contributed by atoms with Gasteiger partial charge in [-0.2, -0.15) is 0 Å². The summed E-state index contributed by atoms with van der Waals surface area (Å²) in [5.41, 5.74) is 5.50. The molecule has 78 valence electrons. The Morgan fingerprint density at radius 2 is 2.14 bits per heavy atom. The van der Waals surface area contributed by atoms with E-state index in [0.29, 0.717) is 6.54 Å². The monoisotopic (exact) mass is 257 g/mol. The molecular weight excluding hydrogens is 242 g/mol. The van der Waals surface area contributed by atoms with E-state index < -0.39 is 0 Å². The van der Waals surface area contributed by atoms with Crippen molar-refractivity contribution < 1.29 is 4.74 Å². The van der Waals surface area contributed by atoms with Crippen LogP contribution in [0.15, 0.2) is 28.7 Å². The number of ether oxygens (including phenoxy) is 1. The van der Waals surface area contributed by atoms with Gasteiger partial charge in [0.25, 0.3) is 0 Å². The molecule has 0 aliphatic carbocycles. The van der Waals surface area contributed by atoms with Crippen molar-refractivity contribution in [2.45, 2.75) is 25.9 Å². The van der Waals surface area contributed by atoms with Gasteiger partial charge in [0.05, 0.1) is 10.6 Å². The molecule has 0 saturated heterocycles. The minimum Gasteiger partial charge on any atom is -0.489 e. The molecule has 0 amide bonds. The second kappa shape index (κ2) is 6.04. The van der Waals surface area contributed by atoms with Crippen LogP contribution in [0.2, 0.25) is 0 Å². The van der Waals surface area contributed by atoms with E-state index in [-0.39, 0.29) is 6.10 Å². The van der Waals surface area contributed by atoms with Gasteiger partial charge in [0, 0.05) is 0 Å². The molecule has 1 aromatic rings. The van der Waals surface area contributed by atoms with Crippen molar-refractivity contribution in [1.82, 2.24) is 0 Å². The van der Waals surface area contributed by atoms with E-state index >= 15 is 0 Å². The summed E-state index contributed by atoms with van der Waals surface area (Å²) in [5.74, 6) is 0.896. The molecule has 0 aromatic heterocycles. The summed E-state index contributed by atoms with van der Waals surface area (Å²) in [7, 11) is 0. The molecule has 2 nitrogen and oxygen atoms in total. The van der Waals surface area contributed by atoms with Crippen LogP contribution in [0.25, 0.3) is 0 Å². The number of hydrogen-bond acceptors (Lipinski definition) is 2. The predicted octanol–water partition coefficient (Wildman–Crippen LogP) is 2.96. The summed E-state index contributed by atoms with van der Waals surface area (Å²) < 4.78 is 6.80. The highest BCUT2D eigenvalue weighted by molar-refractivity contribution is 9.10. The number of halogens is 1. The van der Waals surface area contributed by atoms with Crippen LogP contribution < -0.4 is 10.5 Å². The van der Waals surface area contributed by atoms with Crippen molar-refractivity contribution >= 4 is 15.9 Å². The molecule has 1 atom stereocenters. The first kappa shape index (κ1) is 11.5. The molecule has 1 unspecified atom stereocenters. The lowest BCUT2D eigenvalue weighted by atomic mass is 10.2. The molecule has 0 saturated carbocycles. The fourth-order valence-corrected chi connectivity index (χ4v) is 1.63. The maximum Gasteiger partial charge on any atom is 0.133 e. The van der Waals surface area contributed by atoms with Crippen molar-refractivity contribution in [2.24, 2.45) is 5.73 Å². The normalized spacial score (nSPS) is 12.5. The third-order valence-electron chi connectivity index (χ3n) is 2.07. The minimum absolute atomic E-state index is 0.221. The van der Waals surface area contributed by atoms with Gasteiger partial charge in [0.2, 0.25) is 0 Å². The lowest BCUT2D eigenvalue weighted by molar-refractivity contribution is 0.188. The molecule has 0 radical (unpaired) electrons. The van der Waals surface area contributed by atoms with Crippen LogP contribution in [0, 0.1) is 0 Å². The Morgan fingerprint density at radius 1 is 1.43 bits per heavy atom. The number of benzene rings is 1. The smallest absolute Gasteiger partial charge is 0.133 e.